The van der Waals surface area contributed by atoms with Crippen molar-refractivity contribution in [2.75, 3.05) is 26.2 Å². The SMILES string of the molecule is CC(C)C[C@H]1NC(=O)[C@@H](CC2CCCCC2)NC(=O)[C@@H]2CCCN2C(=O)[C@@H](CC(C)C)NC(=O)[C@@H](CCCCN)NC(=O)[C@@H](CC(C)C)NC(=O)[C@@H](CC2CCCCC2)NC(=O)[C@@H]2CCCN2C(=O)[C@@H](CC(C)C)NC(=O)[C@@H](CCCCN)NC1=O.Cl.Cl. The van der Waals surface area contributed by atoms with Crippen LogP contribution >= 0.6 is 24.8 Å². The largest absolute Gasteiger partial charge is 0.343 e. The van der Waals surface area contributed by atoms with Gasteiger partial charge in [0, 0.05) is 13.1 Å². The van der Waals surface area contributed by atoms with E-state index in [2.05, 4.69) is 42.5 Å². The number of unbranched alkanes of at least 4 members (excludes halogenated alkanes) is 2. The number of nitrogens with zero attached hydrogens (tertiary/aromatic N) is 2. The van der Waals surface area contributed by atoms with Crippen LogP contribution in [0.15, 0.2) is 0 Å². The van der Waals surface area contributed by atoms with E-state index in [-0.39, 0.29) is 112 Å². The van der Waals surface area contributed by atoms with Gasteiger partial charge in [-0.05, 0) is 151 Å². The van der Waals surface area contributed by atoms with Gasteiger partial charge in [0.15, 0.2) is 0 Å². The molecule has 0 aromatic heterocycles. The molecular weight excluding hydrogens is 1170 g/mol. The predicted molar refractivity (Wildman–Crippen MR) is 345 cm³/mol. The van der Waals surface area contributed by atoms with E-state index in [0.29, 0.717) is 77.3 Å². The molecule has 0 aromatic rings. The van der Waals surface area contributed by atoms with Crippen molar-refractivity contribution < 1.29 is 47.9 Å². The number of carbonyl (C=O) groups is 10. The van der Waals surface area contributed by atoms with Crippen LogP contribution in [0.1, 0.15) is 222 Å². The monoisotopic (exact) mass is 1280 g/mol. The fourth-order valence-electron chi connectivity index (χ4n) is 13.5. The summed E-state index contributed by atoms with van der Waals surface area (Å²) in [4.78, 5) is 151. The number of rotatable bonds is 20. The van der Waals surface area contributed by atoms with Gasteiger partial charge in [-0.3, -0.25) is 47.9 Å². The summed E-state index contributed by atoms with van der Waals surface area (Å²) in [6, 6.07) is -10.8. The van der Waals surface area contributed by atoms with Crippen molar-refractivity contribution in [3.05, 3.63) is 0 Å². The first kappa shape index (κ1) is 77.4. The third-order valence-electron chi connectivity index (χ3n) is 18.0. The van der Waals surface area contributed by atoms with E-state index in [1.54, 1.807) is 0 Å². The zero-order chi connectivity index (χ0) is 63.0. The van der Waals surface area contributed by atoms with Gasteiger partial charge in [0.25, 0.3) is 0 Å². The first-order chi connectivity index (χ1) is 41.0. The summed E-state index contributed by atoms with van der Waals surface area (Å²) in [5.74, 6) is -5.75. The third-order valence-corrected chi connectivity index (χ3v) is 18.0. The molecule has 0 spiro atoms. The minimum atomic E-state index is -1.14. The summed E-state index contributed by atoms with van der Waals surface area (Å²) in [7, 11) is 0. The predicted octanol–water partition coefficient (Wildman–Crippen LogP) is 5.09. The van der Waals surface area contributed by atoms with E-state index in [0.717, 1.165) is 64.2 Å². The normalized spacial score (nSPS) is 27.9. The Morgan fingerprint density at radius 2 is 0.614 bits per heavy atom. The molecule has 2 aliphatic carbocycles. The molecule has 3 saturated heterocycles. The van der Waals surface area contributed by atoms with Crippen LogP contribution < -0.4 is 54.0 Å². The average Bonchev–Trinajstić information content (AvgIpc) is 3.62. The van der Waals surface area contributed by atoms with Crippen molar-refractivity contribution in [3.63, 3.8) is 0 Å². The number of amides is 10. The summed E-state index contributed by atoms with van der Waals surface area (Å²) < 4.78 is 0. The lowest BCUT2D eigenvalue weighted by Gasteiger charge is -2.33. The highest BCUT2D eigenvalue weighted by molar-refractivity contribution is 6.00. The zero-order valence-electron chi connectivity index (χ0n) is 54.4. The molecule has 0 bridgehead atoms. The number of carbonyl (C=O) groups excluding carboxylic acids is 10. The lowest BCUT2D eigenvalue weighted by molar-refractivity contribution is -0.143. The molecule has 10 atom stereocenters. The zero-order valence-corrected chi connectivity index (χ0v) is 56.0. The Morgan fingerprint density at radius 3 is 0.932 bits per heavy atom. The number of nitrogens with one attached hydrogen (secondary N) is 8. The Kier molecular flexibility index (Phi) is 34.7. The van der Waals surface area contributed by atoms with E-state index in [9.17, 15) is 47.9 Å². The van der Waals surface area contributed by atoms with Gasteiger partial charge in [-0.25, -0.2) is 0 Å². The summed E-state index contributed by atoms with van der Waals surface area (Å²) in [6.07, 6.45) is 14.8. The van der Waals surface area contributed by atoms with Crippen molar-refractivity contribution in [3.8, 4) is 0 Å². The Morgan fingerprint density at radius 1 is 0.341 bits per heavy atom. The molecule has 0 radical (unpaired) electrons. The number of hydrogen-bond donors (Lipinski definition) is 10. The molecule has 24 heteroatoms. The van der Waals surface area contributed by atoms with Crippen LogP contribution in [0.2, 0.25) is 0 Å². The molecule has 10 amide bonds. The highest BCUT2D eigenvalue weighted by atomic mass is 35.5. The highest BCUT2D eigenvalue weighted by Gasteiger charge is 2.44. The molecule has 5 rings (SSSR count). The van der Waals surface area contributed by atoms with E-state index in [4.69, 9.17) is 11.5 Å². The fourth-order valence-corrected chi connectivity index (χ4v) is 13.5. The molecule has 5 aliphatic rings. The minimum Gasteiger partial charge on any atom is -0.343 e. The third kappa shape index (κ3) is 24.8. The van der Waals surface area contributed by atoms with Gasteiger partial charge in [0.1, 0.15) is 60.4 Å². The van der Waals surface area contributed by atoms with Crippen LogP contribution in [-0.4, -0.2) is 155 Å². The van der Waals surface area contributed by atoms with Crippen molar-refractivity contribution in [1.29, 1.82) is 0 Å². The molecule has 3 aliphatic heterocycles. The molecule has 5 fully saturated rings. The first-order valence-electron chi connectivity index (χ1n) is 33.4. The van der Waals surface area contributed by atoms with Gasteiger partial charge in [0.05, 0.1) is 0 Å². The molecule has 2 saturated carbocycles. The van der Waals surface area contributed by atoms with E-state index in [1.165, 1.54) is 9.80 Å². The summed E-state index contributed by atoms with van der Waals surface area (Å²) in [6.45, 7) is 16.4. The first-order valence-corrected chi connectivity index (χ1v) is 33.4. The van der Waals surface area contributed by atoms with Crippen LogP contribution in [0.5, 0.6) is 0 Å². The van der Waals surface area contributed by atoms with Gasteiger partial charge in [-0.1, -0.05) is 120 Å². The summed E-state index contributed by atoms with van der Waals surface area (Å²) in [5, 5.41) is 23.8. The van der Waals surface area contributed by atoms with Crippen LogP contribution in [-0.2, 0) is 47.9 Å². The van der Waals surface area contributed by atoms with E-state index >= 15 is 0 Å². The lowest BCUT2D eigenvalue weighted by Crippen LogP contribution is -2.61. The maximum absolute atomic E-state index is 14.9. The van der Waals surface area contributed by atoms with Gasteiger partial charge in [-0.15, -0.1) is 24.8 Å². The topological polar surface area (TPSA) is 325 Å². The molecular formula is C64H114Cl2N12O10. The molecule has 12 N–H and O–H groups in total. The van der Waals surface area contributed by atoms with Crippen molar-refractivity contribution in [2.45, 2.75) is 283 Å². The van der Waals surface area contributed by atoms with E-state index < -0.39 is 119 Å². The van der Waals surface area contributed by atoms with Crippen molar-refractivity contribution in [2.24, 2.45) is 47.0 Å². The maximum Gasteiger partial charge on any atom is 0.245 e. The van der Waals surface area contributed by atoms with Gasteiger partial charge in [0.2, 0.25) is 59.1 Å². The van der Waals surface area contributed by atoms with Crippen molar-refractivity contribution >= 4 is 83.9 Å². The van der Waals surface area contributed by atoms with Crippen molar-refractivity contribution in [1.82, 2.24) is 52.3 Å². The Balaban J connectivity index is 0.0000101. The molecule has 0 aromatic carbocycles. The number of hydrogen-bond acceptors (Lipinski definition) is 12. The van der Waals surface area contributed by atoms with Crippen LogP contribution in [0.3, 0.4) is 0 Å². The highest BCUT2D eigenvalue weighted by Crippen LogP contribution is 2.30. The standard InChI is InChI=1S/C64H112N12O10.2ClH/c1-39(2)33-47-57(79)67-45(25-15-17-29-65)55(77)73-51(35-41(5)6)63(85)76-32-20-28-54(76)62(84)72-50(38-44-23-13-10-14-24-44)60(82)70-48(34-40(3)4)58(80)68-46(26-16-18-30-66)56(78)74-52(36-42(7)8)64(86)75-31-19-27-53(75)61(83)71-49(59(81)69-47)37-43-21-11-9-12-22-43;;/h39-54H,9-38,65-66H2,1-8H3,(H,67,79)(H,68,80)(H,69,81)(H,70,82)(H,71,83)(H,72,84)(H,73,77)(H,74,78);2*1H/t45-,46-,47-,48-,49-,50-,51-,52-,53+,54+;;/m1../s1. The quantitative estimate of drug-likeness (QED) is 0.0714. The minimum absolute atomic E-state index is 0. The second-order valence-electron chi connectivity index (χ2n) is 27.4. The second kappa shape index (κ2) is 39.5. The molecule has 504 valence electrons. The number of nitrogens with two attached hydrogens (primary N) is 2. The number of fused-ring (bicyclic) bond motifs is 2. The van der Waals surface area contributed by atoms with Gasteiger partial charge >= 0.3 is 0 Å². The van der Waals surface area contributed by atoms with E-state index in [1.807, 2.05) is 55.4 Å². The molecule has 22 nitrogen and oxygen atoms in total. The van der Waals surface area contributed by atoms with Crippen LogP contribution in [0.25, 0.3) is 0 Å². The number of halogens is 2. The van der Waals surface area contributed by atoms with Crippen LogP contribution in [0.4, 0.5) is 0 Å². The molecule has 0 unspecified atom stereocenters. The molecule has 3 heterocycles. The Bertz CT molecular complexity index is 2100. The maximum atomic E-state index is 14.9. The summed E-state index contributed by atoms with van der Waals surface area (Å²) >= 11 is 0. The summed E-state index contributed by atoms with van der Waals surface area (Å²) in [5.41, 5.74) is 11.8. The average molecular weight is 1280 g/mol. The Labute approximate surface area is 537 Å². The van der Waals surface area contributed by atoms with Crippen LogP contribution in [0, 0.1) is 35.5 Å². The van der Waals surface area contributed by atoms with Gasteiger partial charge < -0.3 is 63.8 Å². The van der Waals surface area contributed by atoms with Gasteiger partial charge in [-0.2, -0.15) is 0 Å². The lowest BCUT2D eigenvalue weighted by atomic mass is 9.84. The second-order valence-corrected chi connectivity index (χ2v) is 27.4. The smallest absolute Gasteiger partial charge is 0.245 e. The fraction of sp³-hybridized carbons (Fsp3) is 0.844. The molecule has 88 heavy (non-hydrogen) atoms. The Hall–Kier alpha value is -4.80.